The third-order valence-electron chi connectivity index (χ3n) is 6.99. The van der Waals surface area contributed by atoms with Crippen LogP contribution in [0, 0.1) is 0 Å². The number of fused-ring (bicyclic) bond motifs is 1. The number of aromatic nitrogens is 3. The van der Waals surface area contributed by atoms with Crippen molar-refractivity contribution in [1.29, 1.82) is 0 Å². The second kappa shape index (κ2) is 15.9. The lowest BCUT2D eigenvalue weighted by Gasteiger charge is -2.32. The largest absolute Gasteiger partial charge is 0.462 e. The number of hydrogen-bond acceptors (Lipinski definition) is 15. The molecule has 4 rings (SSSR count). The van der Waals surface area contributed by atoms with E-state index in [2.05, 4.69) is 15.2 Å². The summed E-state index contributed by atoms with van der Waals surface area (Å²) in [5, 5.41) is 6.87. The van der Waals surface area contributed by atoms with Crippen molar-refractivity contribution in [3.63, 3.8) is 0 Å². The van der Waals surface area contributed by atoms with E-state index < -0.39 is 81.5 Å². The van der Waals surface area contributed by atoms with Crippen LogP contribution in [0.4, 0.5) is 5.82 Å². The van der Waals surface area contributed by atoms with Gasteiger partial charge in [-0.25, -0.2) is 23.7 Å². The van der Waals surface area contributed by atoms with Crippen LogP contribution in [0.3, 0.4) is 0 Å². The van der Waals surface area contributed by atoms with Crippen LogP contribution in [-0.4, -0.2) is 96.5 Å². The van der Waals surface area contributed by atoms with E-state index in [0.717, 1.165) is 0 Å². The molecule has 0 saturated carbocycles. The third-order valence-corrected chi connectivity index (χ3v) is 8.62. The number of esters is 3. The van der Waals surface area contributed by atoms with Gasteiger partial charge in [0.25, 0.3) is 0 Å². The molecule has 0 amide bonds. The lowest BCUT2D eigenvalue weighted by molar-refractivity contribution is -0.176. The minimum Gasteiger partial charge on any atom is -0.462 e. The number of nitrogens with two attached hydrogens (primary N) is 1. The molecule has 2 aromatic heterocycles. The van der Waals surface area contributed by atoms with Crippen molar-refractivity contribution in [2.24, 2.45) is 0 Å². The van der Waals surface area contributed by atoms with E-state index >= 15 is 0 Å². The molecule has 0 radical (unpaired) electrons. The van der Waals surface area contributed by atoms with Gasteiger partial charge >= 0.3 is 25.7 Å². The van der Waals surface area contributed by atoms with Crippen molar-refractivity contribution in [2.75, 3.05) is 39.8 Å². The van der Waals surface area contributed by atoms with E-state index in [1.165, 1.54) is 38.9 Å². The van der Waals surface area contributed by atoms with E-state index in [4.69, 9.17) is 43.2 Å². The van der Waals surface area contributed by atoms with E-state index in [0.29, 0.717) is 11.2 Å². The number of carbonyl (C=O) groups excluding carboxylic acids is 3. The predicted octanol–water partition coefficient (Wildman–Crippen LogP) is 2.39. The highest BCUT2D eigenvalue weighted by Gasteiger charge is 2.59. The number of nitrogens with zero attached hydrogens (tertiary/aromatic N) is 3. The first kappa shape index (κ1) is 36.7. The molecule has 3 N–H and O–H groups in total. The van der Waals surface area contributed by atoms with E-state index in [1.54, 1.807) is 56.3 Å². The van der Waals surface area contributed by atoms with Gasteiger partial charge < -0.3 is 38.7 Å². The fraction of sp³-hybridized carbons (Fsp3) is 0.500. The molecule has 1 fully saturated rings. The number of carbonyl (C=O) groups is 3. The summed E-state index contributed by atoms with van der Waals surface area (Å²) in [6.07, 6.45) is -3.02. The van der Waals surface area contributed by atoms with Gasteiger partial charge in [-0.05, 0) is 52.0 Å². The van der Waals surface area contributed by atoms with Gasteiger partial charge in [-0.2, -0.15) is 10.2 Å². The molecule has 1 aromatic carbocycles. The fourth-order valence-corrected chi connectivity index (χ4v) is 6.51. The maximum absolute atomic E-state index is 14.3. The highest BCUT2D eigenvalue weighted by molar-refractivity contribution is 7.52. The Hall–Kier alpha value is -4.12. The molecule has 0 bridgehead atoms. The normalized spacial score (nSPS) is 22.6. The molecular weight excluding hydrogens is 653 g/mol. The van der Waals surface area contributed by atoms with Crippen molar-refractivity contribution in [3.8, 4) is 5.75 Å². The maximum atomic E-state index is 14.3. The van der Waals surface area contributed by atoms with Gasteiger partial charge in [0.15, 0.2) is 18.0 Å². The first-order chi connectivity index (χ1) is 22.8. The van der Waals surface area contributed by atoms with Crippen molar-refractivity contribution < 1.29 is 56.4 Å². The number of methoxy groups -OCH3 is 2. The molecule has 0 aliphatic carbocycles. The van der Waals surface area contributed by atoms with E-state index in [-0.39, 0.29) is 11.6 Å². The third kappa shape index (κ3) is 8.86. The topological polar surface area (TPSA) is 210 Å². The molecule has 1 saturated heterocycles. The SMILES string of the molecule is COCC(=O)O[C@H]1[C@H](c2ccc3c(N)ncnn23)O[C@](C)(CO[P@@](=O)(N[C@@H](C)C(=O)OC(C)C)Oc2ccccc2)[C@H]1OC(=O)COC. The summed E-state index contributed by atoms with van der Waals surface area (Å²) in [5.41, 5.74) is 5.17. The molecule has 262 valence electrons. The number of nitrogen functional groups attached to an aromatic ring is 1. The van der Waals surface area contributed by atoms with Crippen LogP contribution in [0.1, 0.15) is 39.5 Å². The number of nitrogens with one attached hydrogen (secondary N) is 1. The van der Waals surface area contributed by atoms with E-state index in [1.807, 2.05) is 0 Å². The molecule has 18 heteroatoms. The van der Waals surface area contributed by atoms with Gasteiger partial charge in [0.2, 0.25) is 0 Å². The van der Waals surface area contributed by atoms with Crippen molar-refractivity contribution in [3.05, 3.63) is 54.5 Å². The van der Waals surface area contributed by atoms with Crippen molar-refractivity contribution in [1.82, 2.24) is 19.7 Å². The Morgan fingerprint density at radius 3 is 2.35 bits per heavy atom. The first-order valence-electron chi connectivity index (χ1n) is 14.9. The zero-order valence-corrected chi connectivity index (χ0v) is 28.3. The van der Waals surface area contributed by atoms with Crippen LogP contribution < -0.4 is 15.3 Å². The van der Waals surface area contributed by atoms with Crippen LogP contribution in [-0.2, 0) is 51.9 Å². The van der Waals surface area contributed by atoms with Crippen molar-refractivity contribution >= 4 is 37.0 Å². The Labute approximate surface area is 276 Å². The molecular formula is C30H40N5O12P. The lowest BCUT2D eigenvalue weighted by Crippen LogP contribution is -2.49. The standard InChI is InChI=1S/C30H40N5O12P/c1-18(2)43-29(38)19(3)34-48(39,47-20-10-8-7-9-11-20)42-16-30(4)27(45-24(37)15-41-6)26(44-23(36)14-40-5)25(46-30)21-12-13-22-28(31)32-17-33-35(21)22/h7-13,17-19,25-27H,14-16H2,1-6H3,(H,34,39)(H2,31,32,33)/t19-,25-,26-,27-,30+,48-/m0/s1. The maximum Gasteiger partial charge on any atom is 0.459 e. The van der Waals surface area contributed by atoms with Crippen molar-refractivity contribution in [2.45, 2.75) is 63.8 Å². The summed E-state index contributed by atoms with van der Waals surface area (Å²) < 4.78 is 60.7. The molecule has 0 spiro atoms. The second-order valence-electron chi connectivity index (χ2n) is 11.3. The Bertz CT molecular complexity index is 1620. The van der Waals surface area contributed by atoms with Gasteiger partial charge in [-0.3, -0.25) is 9.32 Å². The van der Waals surface area contributed by atoms with Crippen LogP contribution in [0.2, 0.25) is 0 Å². The number of para-hydroxylation sites is 1. The molecule has 17 nitrogen and oxygen atoms in total. The molecule has 1 aliphatic heterocycles. The van der Waals surface area contributed by atoms with E-state index in [9.17, 15) is 18.9 Å². The van der Waals surface area contributed by atoms with Crippen LogP contribution in [0.15, 0.2) is 48.8 Å². The molecule has 48 heavy (non-hydrogen) atoms. The van der Waals surface area contributed by atoms with Gasteiger partial charge in [-0.1, -0.05) is 18.2 Å². The van der Waals surface area contributed by atoms with Crippen LogP contribution >= 0.6 is 7.75 Å². The predicted molar refractivity (Wildman–Crippen MR) is 168 cm³/mol. The summed E-state index contributed by atoms with van der Waals surface area (Å²) in [6.45, 7) is 4.85. The zero-order chi connectivity index (χ0) is 35.1. The molecule has 6 atom stereocenters. The monoisotopic (exact) mass is 693 g/mol. The number of ether oxygens (including phenoxy) is 6. The fourth-order valence-electron chi connectivity index (χ4n) is 4.92. The van der Waals surface area contributed by atoms with Gasteiger partial charge in [0.05, 0.1) is 18.4 Å². The molecule has 3 aromatic rings. The van der Waals surface area contributed by atoms with Gasteiger partial charge in [0, 0.05) is 14.2 Å². The summed E-state index contributed by atoms with van der Waals surface area (Å²) in [4.78, 5) is 42.3. The number of anilines is 1. The Kier molecular flexibility index (Phi) is 12.1. The molecule has 1 aliphatic rings. The van der Waals surface area contributed by atoms with Gasteiger partial charge in [0.1, 0.15) is 48.6 Å². The summed E-state index contributed by atoms with van der Waals surface area (Å²) >= 11 is 0. The quantitative estimate of drug-likeness (QED) is 0.125. The smallest absolute Gasteiger partial charge is 0.459 e. The zero-order valence-electron chi connectivity index (χ0n) is 27.4. The number of rotatable bonds is 16. The summed E-state index contributed by atoms with van der Waals surface area (Å²) in [7, 11) is -1.80. The van der Waals surface area contributed by atoms with Crippen LogP contribution in [0.25, 0.3) is 5.52 Å². The average molecular weight is 694 g/mol. The minimum absolute atomic E-state index is 0.166. The highest BCUT2D eigenvalue weighted by atomic mass is 31.2. The second-order valence-corrected chi connectivity index (χ2v) is 13.0. The minimum atomic E-state index is -4.41. The lowest BCUT2D eigenvalue weighted by atomic mass is 9.96. The Morgan fingerprint density at radius 2 is 1.71 bits per heavy atom. The number of benzene rings is 1. The number of hydrogen-bond donors (Lipinski definition) is 2. The first-order valence-corrected chi connectivity index (χ1v) is 16.4. The molecule has 3 heterocycles. The summed E-state index contributed by atoms with van der Waals surface area (Å²) in [6, 6.07) is 10.3. The highest BCUT2D eigenvalue weighted by Crippen LogP contribution is 2.49. The average Bonchev–Trinajstić information content (AvgIpc) is 3.57. The summed E-state index contributed by atoms with van der Waals surface area (Å²) in [5.74, 6) is -1.97. The van der Waals surface area contributed by atoms with Crippen LogP contribution in [0.5, 0.6) is 5.75 Å². The Balaban J connectivity index is 1.74. The molecule has 0 unspecified atom stereocenters. The van der Waals surface area contributed by atoms with Gasteiger partial charge in [-0.15, -0.1) is 0 Å². The Morgan fingerprint density at radius 1 is 1.04 bits per heavy atom.